The normalized spacial score (nSPS) is 11.0. The van der Waals surface area contributed by atoms with Crippen molar-refractivity contribution in [1.29, 1.82) is 0 Å². The van der Waals surface area contributed by atoms with Crippen molar-refractivity contribution in [2.75, 3.05) is 18.4 Å². The average molecular weight is 212 g/mol. The van der Waals surface area contributed by atoms with Crippen LogP contribution >= 0.6 is 11.5 Å². The minimum absolute atomic E-state index is 0.582. The van der Waals surface area contributed by atoms with Crippen LogP contribution in [0.2, 0.25) is 0 Å². The number of nitrogens with one attached hydrogen (secondary N) is 1. The molecule has 0 fully saturated rings. The molecular weight excluding hydrogens is 196 g/mol. The fourth-order valence-electron chi connectivity index (χ4n) is 0.977. The zero-order valence-corrected chi connectivity index (χ0v) is 9.18. The van der Waals surface area contributed by atoms with Gasteiger partial charge in [-0.1, -0.05) is 19.1 Å². The van der Waals surface area contributed by atoms with E-state index >= 15 is 0 Å². The van der Waals surface area contributed by atoms with Crippen molar-refractivity contribution in [3.8, 4) is 0 Å². The van der Waals surface area contributed by atoms with Gasteiger partial charge in [-0.2, -0.15) is 4.37 Å². The lowest BCUT2D eigenvalue weighted by molar-refractivity contribution is 0.862. The lowest BCUT2D eigenvalue weighted by Gasteiger charge is -1.94. The summed E-state index contributed by atoms with van der Waals surface area (Å²) >= 11 is 1.41. The van der Waals surface area contributed by atoms with Crippen molar-refractivity contribution in [1.82, 2.24) is 9.36 Å². The minimum Gasteiger partial charge on any atom is -0.357 e. The summed E-state index contributed by atoms with van der Waals surface area (Å²) in [6, 6.07) is 0. The van der Waals surface area contributed by atoms with Crippen LogP contribution in [0.1, 0.15) is 19.2 Å². The molecule has 0 aromatic carbocycles. The number of hydrogen-bond donors (Lipinski definition) is 2. The van der Waals surface area contributed by atoms with Crippen LogP contribution in [0, 0.1) is 0 Å². The lowest BCUT2D eigenvalue weighted by atomic mass is 10.3. The van der Waals surface area contributed by atoms with Gasteiger partial charge in [-0.15, -0.1) is 0 Å². The second kappa shape index (κ2) is 6.50. The van der Waals surface area contributed by atoms with Gasteiger partial charge in [0, 0.05) is 31.0 Å². The maximum atomic E-state index is 5.31. The Hall–Kier alpha value is -0.940. The number of nitrogens with zero attached hydrogens (tertiary/aromatic N) is 2. The predicted molar refractivity (Wildman–Crippen MR) is 60.6 cm³/mol. The van der Waals surface area contributed by atoms with Crippen molar-refractivity contribution in [2.45, 2.75) is 19.8 Å². The molecule has 1 aromatic rings. The summed E-state index contributed by atoms with van der Waals surface area (Å²) in [6.45, 7) is 3.47. The molecule has 0 aliphatic rings. The molecule has 0 radical (unpaired) electrons. The Morgan fingerprint density at radius 3 is 3.07 bits per heavy atom. The SMILES string of the molecule is CCCc1nsc(NC/C=C/CN)n1. The Bertz CT molecular complexity index is 282. The fourth-order valence-corrected chi connectivity index (χ4v) is 1.59. The van der Waals surface area contributed by atoms with E-state index in [0.29, 0.717) is 6.54 Å². The molecule has 0 saturated heterocycles. The first-order chi connectivity index (χ1) is 6.86. The first-order valence-electron chi connectivity index (χ1n) is 4.78. The molecular formula is C9H16N4S. The van der Waals surface area contributed by atoms with E-state index in [0.717, 1.165) is 30.3 Å². The van der Waals surface area contributed by atoms with E-state index in [4.69, 9.17) is 5.73 Å². The molecule has 0 aliphatic carbocycles. The van der Waals surface area contributed by atoms with Gasteiger partial charge >= 0.3 is 0 Å². The summed E-state index contributed by atoms with van der Waals surface area (Å²) in [5, 5.41) is 4.05. The van der Waals surface area contributed by atoms with E-state index in [2.05, 4.69) is 21.6 Å². The van der Waals surface area contributed by atoms with Gasteiger partial charge in [0.15, 0.2) is 0 Å². The third-order valence-electron chi connectivity index (χ3n) is 1.62. The Labute approximate surface area is 88.4 Å². The van der Waals surface area contributed by atoms with E-state index < -0.39 is 0 Å². The Morgan fingerprint density at radius 2 is 2.36 bits per heavy atom. The Balaban J connectivity index is 2.32. The van der Waals surface area contributed by atoms with Crippen LogP contribution < -0.4 is 11.1 Å². The molecule has 1 heterocycles. The van der Waals surface area contributed by atoms with Crippen LogP contribution in [0.15, 0.2) is 12.2 Å². The van der Waals surface area contributed by atoms with E-state index in [-0.39, 0.29) is 0 Å². The molecule has 0 amide bonds. The summed E-state index contributed by atoms with van der Waals surface area (Å²) in [5.41, 5.74) is 5.31. The molecule has 78 valence electrons. The van der Waals surface area contributed by atoms with Crippen molar-refractivity contribution in [2.24, 2.45) is 5.73 Å². The van der Waals surface area contributed by atoms with Crippen molar-refractivity contribution >= 4 is 16.7 Å². The second-order valence-electron chi connectivity index (χ2n) is 2.85. The third kappa shape index (κ3) is 3.85. The van der Waals surface area contributed by atoms with E-state index in [9.17, 15) is 0 Å². The minimum atomic E-state index is 0.582. The smallest absolute Gasteiger partial charge is 0.202 e. The first-order valence-corrected chi connectivity index (χ1v) is 5.55. The number of aromatic nitrogens is 2. The number of anilines is 1. The molecule has 3 N–H and O–H groups in total. The van der Waals surface area contributed by atoms with Crippen LogP contribution in [0.5, 0.6) is 0 Å². The van der Waals surface area contributed by atoms with Crippen LogP contribution in [0.3, 0.4) is 0 Å². The molecule has 0 atom stereocenters. The third-order valence-corrected chi connectivity index (χ3v) is 2.33. The van der Waals surface area contributed by atoms with Gasteiger partial charge < -0.3 is 11.1 Å². The Morgan fingerprint density at radius 1 is 1.50 bits per heavy atom. The number of rotatable bonds is 6. The topological polar surface area (TPSA) is 63.8 Å². The number of aryl methyl sites for hydroxylation is 1. The largest absolute Gasteiger partial charge is 0.357 e. The molecule has 0 spiro atoms. The van der Waals surface area contributed by atoms with Crippen LogP contribution in [0.25, 0.3) is 0 Å². The highest BCUT2D eigenvalue weighted by molar-refractivity contribution is 7.09. The fraction of sp³-hybridized carbons (Fsp3) is 0.556. The summed E-state index contributed by atoms with van der Waals surface area (Å²) < 4.78 is 4.22. The molecule has 0 saturated carbocycles. The van der Waals surface area contributed by atoms with Gasteiger partial charge in [-0.05, 0) is 6.42 Å². The van der Waals surface area contributed by atoms with Crippen molar-refractivity contribution in [3.05, 3.63) is 18.0 Å². The number of hydrogen-bond acceptors (Lipinski definition) is 5. The molecule has 0 unspecified atom stereocenters. The van der Waals surface area contributed by atoms with Gasteiger partial charge in [0.05, 0.1) is 0 Å². The molecule has 5 heteroatoms. The lowest BCUT2D eigenvalue weighted by Crippen LogP contribution is -2.00. The van der Waals surface area contributed by atoms with Gasteiger partial charge in [0.25, 0.3) is 0 Å². The van der Waals surface area contributed by atoms with Gasteiger partial charge in [-0.3, -0.25) is 0 Å². The predicted octanol–water partition coefficient (Wildman–Crippen LogP) is 1.42. The quantitative estimate of drug-likeness (QED) is 0.700. The summed E-state index contributed by atoms with van der Waals surface area (Å²) in [5.74, 6) is 0.933. The monoisotopic (exact) mass is 212 g/mol. The summed E-state index contributed by atoms with van der Waals surface area (Å²) in [6.07, 6.45) is 5.95. The molecule has 14 heavy (non-hydrogen) atoms. The standard InChI is InChI=1S/C9H16N4S/c1-2-5-8-12-9(14-13-8)11-7-4-3-6-10/h3-4H,2,5-7,10H2,1H3,(H,11,12,13)/b4-3+. The highest BCUT2D eigenvalue weighted by Gasteiger charge is 2.00. The second-order valence-corrected chi connectivity index (χ2v) is 3.61. The zero-order valence-electron chi connectivity index (χ0n) is 8.36. The van der Waals surface area contributed by atoms with Gasteiger partial charge in [-0.25, -0.2) is 4.98 Å². The summed E-state index contributed by atoms with van der Waals surface area (Å²) in [4.78, 5) is 4.33. The van der Waals surface area contributed by atoms with E-state index in [1.54, 1.807) is 0 Å². The van der Waals surface area contributed by atoms with E-state index in [1.165, 1.54) is 11.5 Å². The summed E-state index contributed by atoms with van der Waals surface area (Å²) in [7, 11) is 0. The van der Waals surface area contributed by atoms with Crippen molar-refractivity contribution < 1.29 is 0 Å². The maximum Gasteiger partial charge on any atom is 0.202 e. The number of nitrogens with two attached hydrogens (primary N) is 1. The maximum absolute atomic E-state index is 5.31. The van der Waals surface area contributed by atoms with Gasteiger partial charge in [0.2, 0.25) is 5.13 Å². The highest BCUT2D eigenvalue weighted by Crippen LogP contribution is 2.11. The first kappa shape index (κ1) is 11.1. The van der Waals surface area contributed by atoms with Crippen molar-refractivity contribution in [3.63, 3.8) is 0 Å². The van der Waals surface area contributed by atoms with Crippen LogP contribution in [0.4, 0.5) is 5.13 Å². The average Bonchev–Trinajstić information content (AvgIpc) is 2.61. The molecule has 1 rings (SSSR count). The molecule has 1 aromatic heterocycles. The van der Waals surface area contributed by atoms with Gasteiger partial charge in [0.1, 0.15) is 5.82 Å². The Kier molecular flexibility index (Phi) is 5.17. The highest BCUT2D eigenvalue weighted by atomic mass is 32.1. The molecule has 4 nitrogen and oxygen atoms in total. The van der Waals surface area contributed by atoms with E-state index in [1.807, 2.05) is 12.2 Å². The van der Waals surface area contributed by atoms with Crippen LogP contribution in [-0.4, -0.2) is 22.4 Å². The molecule has 0 aliphatic heterocycles. The van der Waals surface area contributed by atoms with Crippen LogP contribution in [-0.2, 0) is 6.42 Å². The zero-order chi connectivity index (χ0) is 10.2. The molecule has 0 bridgehead atoms.